The Morgan fingerprint density at radius 2 is 2.41 bits per heavy atom. The first kappa shape index (κ1) is 11.2. The van der Waals surface area contributed by atoms with Crippen molar-refractivity contribution in [3.8, 4) is 0 Å². The van der Waals surface area contributed by atoms with E-state index in [0.717, 1.165) is 35.2 Å². The number of halogens is 1. The molecule has 1 unspecified atom stereocenters. The fourth-order valence-corrected chi connectivity index (χ4v) is 2.91. The van der Waals surface area contributed by atoms with Gasteiger partial charge < -0.3 is 10.1 Å². The summed E-state index contributed by atoms with van der Waals surface area (Å²) in [4.78, 5) is 0. The van der Waals surface area contributed by atoms with Crippen molar-refractivity contribution in [1.29, 1.82) is 0 Å². The molecule has 2 aromatic rings. The Balaban J connectivity index is 2.15. The average Bonchev–Trinajstić information content (AvgIpc) is 2.66. The summed E-state index contributed by atoms with van der Waals surface area (Å²) in [7, 11) is 1.97. The zero-order valence-corrected chi connectivity index (χ0v) is 11.2. The third kappa shape index (κ3) is 1.88. The highest BCUT2D eigenvalue weighted by molar-refractivity contribution is 9.10. The number of aromatic nitrogens is 2. The molecule has 1 aromatic heterocycles. The van der Waals surface area contributed by atoms with Gasteiger partial charge in [-0.25, -0.2) is 0 Å². The third-order valence-corrected chi connectivity index (χ3v) is 3.71. The average molecular weight is 296 g/mol. The van der Waals surface area contributed by atoms with Gasteiger partial charge in [0.25, 0.3) is 0 Å². The quantitative estimate of drug-likeness (QED) is 0.875. The fourth-order valence-electron chi connectivity index (χ4n) is 2.35. The second-order valence-corrected chi connectivity index (χ2v) is 4.97. The molecule has 0 spiro atoms. The van der Waals surface area contributed by atoms with Crippen molar-refractivity contribution in [2.75, 3.05) is 19.7 Å². The van der Waals surface area contributed by atoms with E-state index in [9.17, 15) is 0 Å². The predicted molar refractivity (Wildman–Crippen MR) is 70.0 cm³/mol. The largest absolute Gasteiger partial charge is 0.371 e. The van der Waals surface area contributed by atoms with E-state index >= 15 is 0 Å². The number of para-hydroxylation sites is 1. The van der Waals surface area contributed by atoms with Gasteiger partial charge in [0.1, 0.15) is 4.60 Å². The number of morpholine rings is 1. The first-order valence-corrected chi connectivity index (χ1v) is 6.50. The second-order valence-electron chi connectivity index (χ2n) is 4.22. The number of nitrogens with zero attached hydrogens (tertiary/aromatic N) is 2. The van der Waals surface area contributed by atoms with Crippen LogP contribution in [0.1, 0.15) is 11.7 Å². The third-order valence-electron chi connectivity index (χ3n) is 3.13. The molecule has 4 nitrogen and oxygen atoms in total. The molecule has 0 bridgehead atoms. The SMILES string of the molecule is Cn1nc(Br)c2cccc(C3CNCCO3)c21. The molecule has 0 amide bonds. The first-order valence-electron chi connectivity index (χ1n) is 5.71. The summed E-state index contributed by atoms with van der Waals surface area (Å²) in [5.74, 6) is 0. The molecule has 3 rings (SSSR count). The molecule has 5 heteroatoms. The van der Waals surface area contributed by atoms with E-state index in [4.69, 9.17) is 4.74 Å². The minimum absolute atomic E-state index is 0.120. The van der Waals surface area contributed by atoms with Crippen LogP contribution in [0.25, 0.3) is 10.9 Å². The maximum atomic E-state index is 5.82. The van der Waals surface area contributed by atoms with Gasteiger partial charge in [0.05, 0.1) is 18.2 Å². The van der Waals surface area contributed by atoms with E-state index in [1.807, 2.05) is 11.7 Å². The van der Waals surface area contributed by atoms with E-state index in [1.54, 1.807) is 0 Å². The van der Waals surface area contributed by atoms with Crippen LogP contribution in [0.3, 0.4) is 0 Å². The van der Waals surface area contributed by atoms with E-state index in [-0.39, 0.29) is 6.10 Å². The maximum Gasteiger partial charge on any atom is 0.135 e. The molecular weight excluding hydrogens is 282 g/mol. The Morgan fingerprint density at radius 1 is 1.53 bits per heavy atom. The number of fused-ring (bicyclic) bond motifs is 1. The molecule has 0 aliphatic carbocycles. The lowest BCUT2D eigenvalue weighted by atomic mass is 10.1. The smallest absolute Gasteiger partial charge is 0.135 e. The fraction of sp³-hybridized carbons (Fsp3) is 0.417. The first-order chi connectivity index (χ1) is 8.27. The van der Waals surface area contributed by atoms with Crippen LogP contribution in [0.5, 0.6) is 0 Å². The number of benzene rings is 1. The van der Waals surface area contributed by atoms with Crippen molar-refractivity contribution in [2.45, 2.75) is 6.10 Å². The number of rotatable bonds is 1. The molecule has 1 N–H and O–H groups in total. The van der Waals surface area contributed by atoms with Crippen LogP contribution in [0.2, 0.25) is 0 Å². The molecule has 17 heavy (non-hydrogen) atoms. The van der Waals surface area contributed by atoms with Gasteiger partial charge in [-0.05, 0) is 15.9 Å². The summed E-state index contributed by atoms with van der Waals surface area (Å²) in [5.41, 5.74) is 2.35. The number of aryl methyl sites for hydroxylation is 1. The van der Waals surface area contributed by atoms with Crippen molar-refractivity contribution in [2.24, 2.45) is 7.05 Å². The Kier molecular flexibility index (Phi) is 2.90. The summed E-state index contributed by atoms with van der Waals surface area (Å²) in [6.45, 7) is 2.56. The topological polar surface area (TPSA) is 39.1 Å². The van der Waals surface area contributed by atoms with Crippen LogP contribution in [-0.2, 0) is 11.8 Å². The number of ether oxygens (including phenoxy) is 1. The highest BCUT2D eigenvalue weighted by Crippen LogP contribution is 2.30. The number of hydrogen-bond acceptors (Lipinski definition) is 3. The highest BCUT2D eigenvalue weighted by Gasteiger charge is 2.20. The van der Waals surface area contributed by atoms with Gasteiger partial charge in [-0.2, -0.15) is 5.10 Å². The molecule has 1 saturated heterocycles. The van der Waals surface area contributed by atoms with Crippen molar-refractivity contribution in [1.82, 2.24) is 15.1 Å². The lowest BCUT2D eigenvalue weighted by molar-refractivity contribution is 0.0284. The summed E-state index contributed by atoms with van der Waals surface area (Å²) in [6.07, 6.45) is 0.120. The molecule has 90 valence electrons. The van der Waals surface area contributed by atoms with Crippen LogP contribution >= 0.6 is 15.9 Å². The van der Waals surface area contributed by atoms with Crippen LogP contribution in [0.15, 0.2) is 22.8 Å². The van der Waals surface area contributed by atoms with Crippen LogP contribution in [-0.4, -0.2) is 29.5 Å². The van der Waals surface area contributed by atoms with Crippen molar-refractivity contribution >= 4 is 26.8 Å². The van der Waals surface area contributed by atoms with Crippen LogP contribution < -0.4 is 5.32 Å². The predicted octanol–water partition coefficient (Wildman–Crippen LogP) is 2.00. The van der Waals surface area contributed by atoms with Crippen LogP contribution in [0, 0.1) is 0 Å². The zero-order chi connectivity index (χ0) is 11.8. The molecule has 1 aliphatic rings. The molecule has 1 aliphatic heterocycles. The van der Waals surface area contributed by atoms with Gasteiger partial charge in [0.2, 0.25) is 0 Å². The van der Waals surface area contributed by atoms with Crippen molar-refractivity contribution in [3.63, 3.8) is 0 Å². The lowest BCUT2D eigenvalue weighted by Gasteiger charge is -2.24. The maximum absolute atomic E-state index is 5.82. The van der Waals surface area contributed by atoms with Crippen LogP contribution in [0.4, 0.5) is 0 Å². The summed E-state index contributed by atoms with van der Waals surface area (Å²) >= 11 is 3.49. The number of nitrogens with one attached hydrogen (secondary N) is 1. The van der Waals surface area contributed by atoms with E-state index in [1.165, 1.54) is 5.56 Å². The van der Waals surface area contributed by atoms with Gasteiger partial charge in [-0.3, -0.25) is 4.68 Å². The molecule has 1 atom stereocenters. The Morgan fingerprint density at radius 3 is 3.18 bits per heavy atom. The Bertz CT molecular complexity index is 546. The molecule has 2 heterocycles. The number of hydrogen-bond donors (Lipinski definition) is 1. The summed E-state index contributed by atoms with van der Waals surface area (Å²) in [6, 6.07) is 6.25. The van der Waals surface area contributed by atoms with Gasteiger partial charge in [-0.15, -0.1) is 0 Å². The van der Waals surface area contributed by atoms with Gasteiger partial charge in [0, 0.05) is 31.1 Å². The molecular formula is C12H14BrN3O. The Labute approximate surface area is 108 Å². The van der Waals surface area contributed by atoms with E-state index < -0.39 is 0 Å². The molecule has 1 aromatic carbocycles. The molecule has 0 radical (unpaired) electrons. The minimum Gasteiger partial charge on any atom is -0.371 e. The lowest BCUT2D eigenvalue weighted by Crippen LogP contribution is -2.33. The summed E-state index contributed by atoms with van der Waals surface area (Å²) in [5, 5.41) is 8.90. The molecule has 0 saturated carbocycles. The van der Waals surface area contributed by atoms with Crippen molar-refractivity contribution in [3.05, 3.63) is 28.4 Å². The van der Waals surface area contributed by atoms with E-state index in [2.05, 4.69) is 44.5 Å². The zero-order valence-electron chi connectivity index (χ0n) is 9.61. The monoisotopic (exact) mass is 295 g/mol. The summed E-state index contributed by atoms with van der Waals surface area (Å²) < 4.78 is 8.62. The van der Waals surface area contributed by atoms with Crippen molar-refractivity contribution < 1.29 is 4.74 Å². The highest BCUT2D eigenvalue weighted by atomic mass is 79.9. The van der Waals surface area contributed by atoms with E-state index in [0.29, 0.717) is 0 Å². The second kappa shape index (κ2) is 4.40. The van der Waals surface area contributed by atoms with Gasteiger partial charge >= 0.3 is 0 Å². The van der Waals surface area contributed by atoms with Gasteiger partial charge in [0.15, 0.2) is 0 Å². The Hall–Kier alpha value is -0.910. The molecule has 1 fully saturated rings. The minimum atomic E-state index is 0.120. The standard InChI is InChI=1S/C12H14BrN3O/c1-16-11-8(10-7-14-5-6-17-10)3-2-4-9(11)12(13)15-16/h2-4,10,14H,5-7H2,1H3. The van der Waals surface area contributed by atoms with Gasteiger partial charge in [-0.1, -0.05) is 18.2 Å². The normalized spacial score (nSPS) is 20.9.